The zero-order valence-electron chi connectivity index (χ0n) is 17.3. The number of halogens is 1. The molecule has 0 N–H and O–H groups in total. The molecule has 1 heterocycles. The third-order valence-electron chi connectivity index (χ3n) is 5.22. The van der Waals surface area contributed by atoms with Gasteiger partial charge in [-0.15, -0.1) is 0 Å². The first kappa shape index (κ1) is 23.0. The third-order valence-corrected chi connectivity index (χ3v) is 7.22. The zero-order chi connectivity index (χ0) is 22.6. The molecule has 1 aliphatic rings. The summed E-state index contributed by atoms with van der Waals surface area (Å²) in [7, 11) is -1.59. The Labute approximate surface area is 187 Å². The van der Waals surface area contributed by atoms with Gasteiger partial charge in [0.15, 0.2) is 15.9 Å². The number of rotatable bonds is 6. The molecule has 31 heavy (non-hydrogen) atoms. The maximum atomic E-state index is 13.0. The first-order chi connectivity index (χ1) is 14.7. The van der Waals surface area contributed by atoms with Crippen LogP contribution in [0.1, 0.15) is 24.5 Å². The molecule has 8 heteroatoms. The first-order valence-corrected chi connectivity index (χ1v) is 12.1. The van der Waals surface area contributed by atoms with E-state index in [1.54, 1.807) is 30.3 Å². The summed E-state index contributed by atoms with van der Waals surface area (Å²) in [6.45, 7) is 1.49. The first-order valence-electron chi connectivity index (χ1n) is 9.87. The van der Waals surface area contributed by atoms with E-state index in [1.807, 2.05) is 30.3 Å². The minimum absolute atomic E-state index is 0.0595. The Balaban J connectivity index is 1.79. The zero-order valence-corrected chi connectivity index (χ0v) is 18.9. The predicted octanol–water partition coefficient (Wildman–Crippen LogP) is 3.46. The second kappa shape index (κ2) is 9.66. The highest BCUT2D eigenvalue weighted by Crippen LogP contribution is 2.23. The number of likely N-dealkylation sites (N-methyl/N-ethyl adjacent to an activating group) is 1. The Bertz CT molecular complexity index is 1080. The molecular weight excluding hydrogens is 438 g/mol. The molecule has 0 aliphatic carbocycles. The molecule has 2 aromatic carbocycles. The molecule has 1 amide bonds. The lowest BCUT2D eigenvalue weighted by Gasteiger charge is -2.26. The van der Waals surface area contributed by atoms with Crippen LogP contribution in [0.4, 0.5) is 0 Å². The number of nitrogens with zero attached hydrogens (tertiary/aromatic N) is 1. The van der Waals surface area contributed by atoms with Gasteiger partial charge in [-0.2, -0.15) is 0 Å². The van der Waals surface area contributed by atoms with Gasteiger partial charge in [0, 0.05) is 18.1 Å². The second-order valence-electron chi connectivity index (χ2n) is 7.53. The van der Waals surface area contributed by atoms with Gasteiger partial charge >= 0.3 is 5.97 Å². The van der Waals surface area contributed by atoms with Crippen molar-refractivity contribution in [3.8, 4) is 0 Å². The van der Waals surface area contributed by atoms with Gasteiger partial charge in [-0.3, -0.25) is 4.79 Å². The van der Waals surface area contributed by atoms with E-state index in [-0.39, 0.29) is 17.1 Å². The smallest absolute Gasteiger partial charge is 0.339 e. The van der Waals surface area contributed by atoms with Crippen LogP contribution in [-0.2, 0) is 24.2 Å². The third kappa shape index (κ3) is 5.95. The van der Waals surface area contributed by atoms with E-state index < -0.39 is 33.9 Å². The molecule has 1 aliphatic heterocycles. The molecule has 0 spiro atoms. The van der Waals surface area contributed by atoms with Crippen LogP contribution in [0.5, 0.6) is 0 Å². The van der Waals surface area contributed by atoms with Gasteiger partial charge in [0.1, 0.15) is 0 Å². The van der Waals surface area contributed by atoms with E-state index in [1.165, 1.54) is 18.9 Å². The molecule has 1 saturated heterocycles. The largest absolute Gasteiger partial charge is 0.449 e. The number of amides is 1. The Hall–Kier alpha value is -2.64. The van der Waals surface area contributed by atoms with E-state index in [0.717, 1.165) is 5.56 Å². The summed E-state index contributed by atoms with van der Waals surface area (Å²) < 4.78 is 28.9. The van der Waals surface area contributed by atoms with Gasteiger partial charge in [-0.1, -0.05) is 54.1 Å². The highest BCUT2D eigenvalue weighted by atomic mass is 35.5. The number of carbonyl (C=O) groups is 2. The van der Waals surface area contributed by atoms with Gasteiger partial charge in [0.25, 0.3) is 5.91 Å². The van der Waals surface area contributed by atoms with Gasteiger partial charge < -0.3 is 9.64 Å². The highest BCUT2D eigenvalue weighted by Gasteiger charge is 2.35. The monoisotopic (exact) mass is 461 g/mol. The number of hydrogen-bond donors (Lipinski definition) is 0. The summed E-state index contributed by atoms with van der Waals surface area (Å²) in [5.74, 6) is -1.10. The lowest BCUT2D eigenvalue weighted by Crippen LogP contribution is -2.44. The Morgan fingerprint density at radius 1 is 1.13 bits per heavy atom. The normalized spacial score (nSPS) is 18.9. The molecule has 2 atom stereocenters. The summed E-state index contributed by atoms with van der Waals surface area (Å²) in [5.41, 5.74) is 1.69. The van der Waals surface area contributed by atoms with Gasteiger partial charge in [-0.25, -0.2) is 13.2 Å². The Morgan fingerprint density at radius 3 is 2.35 bits per heavy atom. The average Bonchev–Trinajstić information content (AvgIpc) is 3.12. The molecule has 2 aromatic rings. The topological polar surface area (TPSA) is 80.8 Å². The van der Waals surface area contributed by atoms with Crippen LogP contribution in [0.2, 0.25) is 5.02 Å². The van der Waals surface area contributed by atoms with E-state index in [9.17, 15) is 18.0 Å². The number of hydrogen-bond acceptors (Lipinski definition) is 5. The molecule has 2 unspecified atom stereocenters. The molecule has 0 bridgehead atoms. The Kier molecular flexibility index (Phi) is 7.18. The fraction of sp³-hybridized carbons (Fsp3) is 0.304. The number of sulfone groups is 1. The minimum atomic E-state index is -3.13. The van der Waals surface area contributed by atoms with Crippen LogP contribution < -0.4 is 0 Å². The molecular formula is C23H24ClNO5S. The molecule has 1 fully saturated rings. The molecule has 6 nitrogen and oxygen atoms in total. The van der Waals surface area contributed by atoms with Crippen molar-refractivity contribution >= 4 is 45.0 Å². The van der Waals surface area contributed by atoms with Crippen molar-refractivity contribution in [3.63, 3.8) is 0 Å². The summed E-state index contributed by atoms with van der Waals surface area (Å²) in [6.07, 6.45) is 1.01. The van der Waals surface area contributed by atoms with Crippen molar-refractivity contribution in [2.45, 2.75) is 25.5 Å². The SMILES string of the molecule is CC(OC(=O)C(=Cc1ccccc1)c1ccc(Cl)cc1)C(=O)N(C)C1CCS(=O)(=O)C1. The summed E-state index contributed by atoms with van der Waals surface area (Å²) in [6, 6.07) is 15.6. The van der Waals surface area contributed by atoms with Crippen LogP contribution in [0.25, 0.3) is 11.6 Å². The maximum Gasteiger partial charge on any atom is 0.339 e. The predicted molar refractivity (Wildman–Crippen MR) is 121 cm³/mol. The van der Waals surface area contributed by atoms with Crippen LogP contribution in [-0.4, -0.2) is 55.9 Å². The van der Waals surface area contributed by atoms with Crippen molar-refractivity contribution in [1.29, 1.82) is 0 Å². The van der Waals surface area contributed by atoms with Crippen molar-refractivity contribution < 1.29 is 22.7 Å². The number of carbonyl (C=O) groups excluding carboxylic acids is 2. The molecule has 0 saturated carbocycles. The van der Waals surface area contributed by atoms with Crippen molar-refractivity contribution in [1.82, 2.24) is 4.90 Å². The number of benzene rings is 2. The fourth-order valence-electron chi connectivity index (χ4n) is 3.43. The number of esters is 1. The van der Waals surface area contributed by atoms with E-state index in [2.05, 4.69) is 0 Å². The van der Waals surface area contributed by atoms with E-state index in [4.69, 9.17) is 16.3 Å². The lowest BCUT2D eigenvalue weighted by atomic mass is 10.0. The fourth-order valence-corrected chi connectivity index (χ4v) is 5.33. The average molecular weight is 462 g/mol. The van der Waals surface area contributed by atoms with Crippen LogP contribution >= 0.6 is 11.6 Å². The van der Waals surface area contributed by atoms with Crippen LogP contribution in [0.3, 0.4) is 0 Å². The summed E-state index contributed by atoms with van der Waals surface area (Å²) in [5, 5.41) is 0.535. The maximum absolute atomic E-state index is 13.0. The molecule has 3 rings (SSSR count). The van der Waals surface area contributed by atoms with Crippen LogP contribution in [0.15, 0.2) is 54.6 Å². The van der Waals surface area contributed by atoms with E-state index >= 15 is 0 Å². The molecule has 0 radical (unpaired) electrons. The van der Waals surface area contributed by atoms with Crippen molar-refractivity contribution in [2.24, 2.45) is 0 Å². The van der Waals surface area contributed by atoms with E-state index in [0.29, 0.717) is 17.0 Å². The quantitative estimate of drug-likeness (QED) is 0.374. The van der Waals surface area contributed by atoms with Gasteiger partial charge in [0.05, 0.1) is 17.1 Å². The van der Waals surface area contributed by atoms with Gasteiger partial charge in [-0.05, 0) is 42.7 Å². The number of ether oxygens (including phenoxy) is 1. The Morgan fingerprint density at radius 2 is 1.77 bits per heavy atom. The summed E-state index contributed by atoms with van der Waals surface area (Å²) >= 11 is 5.97. The minimum Gasteiger partial charge on any atom is -0.449 e. The van der Waals surface area contributed by atoms with Gasteiger partial charge in [0.2, 0.25) is 0 Å². The standard InChI is InChI=1S/C23H24ClNO5S/c1-16(22(26)25(2)20-12-13-31(28,29)15-20)30-23(27)21(14-17-6-4-3-5-7-17)18-8-10-19(24)11-9-18/h3-11,14,16,20H,12-13,15H2,1-2H3. The molecule has 0 aromatic heterocycles. The van der Waals surface area contributed by atoms with Crippen LogP contribution in [0, 0.1) is 0 Å². The molecule has 164 valence electrons. The van der Waals surface area contributed by atoms with Crippen molar-refractivity contribution in [2.75, 3.05) is 18.6 Å². The summed E-state index contributed by atoms with van der Waals surface area (Å²) in [4.78, 5) is 27.1. The lowest BCUT2D eigenvalue weighted by molar-refractivity contribution is -0.154. The highest BCUT2D eigenvalue weighted by molar-refractivity contribution is 7.91. The van der Waals surface area contributed by atoms with Crippen molar-refractivity contribution in [3.05, 3.63) is 70.7 Å². The second-order valence-corrected chi connectivity index (χ2v) is 10.2.